The van der Waals surface area contributed by atoms with E-state index in [1.165, 1.54) is 6.07 Å². The number of benzene rings is 1. The Morgan fingerprint density at radius 1 is 1.35 bits per heavy atom. The minimum Gasteiger partial charge on any atom is -0.393 e. The molecule has 0 bridgehead atoms. The van der Waals surface area contributed by atoms with Gasteiger partial charge in [0.1, 0.15) is 10.5 Å². The minimum absolute atomic E-state index is 0.00245. The molecule has 0 aromatic heterocycles. The normalized spacial score (nSPS) is 25.9. The van der Waals surface area contributed by atoms with Crippen LogP contribution in [0.3, 0.4) is 0 Å². The van der Waals surface area contributed by atoms with Gasteiger partial charge in [0.2, 0.25) is 0 Å². The van der Waals surface area contributed by atoms with Crippen LogP contribution in [-0.4, -0.2) is 37.1 Å². The number of aliphatic hydroxyl groups is 1. The smallest absolute Gasteiger partial charge is 0.294 e. The van der Waals surface area contributed by atoms with E-state index in [1.54, 1.807) is 32.9 Å². The van der Waals surface area contributed by atoms with Gasteiger partial charge in [-0.25, -0.2) is 0 Å². The maximum absolute atomic E-state index is 11.5. The number of aliphatic hydroxyl groups excluding tert-OH is 1. The molecule has 1 heterocycles. The van der Waals surface area contributed by atoms with Gasteiger partial charge in [-0.15, -0.1) is 0 Å². The van der Waals surface area contributed by atoms with Gasteiger partial charge in [0, 0.05) is 5.56 Å². The summed E-state index contributed by atoms with van der Waals surface area (Å²) in [4.78, 5) is -0.279. The molecule has 0 radical (unpaired) electrons. The monoisotopic (exact) mass is 302 g/mol. The molecule has 1 aromatic rings. The summed E-state index contributed by atoms with van der Waals surface area (Å²) in [5.41, 5.74) is -0.317. The lowest BCUT2D eigenvalue weighted by atomic mass is 9.94. The van der Waals surface area contributed by atoms with E-state index in [9.17, 15) is 18.1 Å². The Balaban J connectivity index is 2.64. The van der Waals surface area contributed by atoms with E-state index in [1.807, 2.05) is 0 Å². The molecule has 20 heavy (non-hydrogen) atoms. The fourth-order valence-corrected chi connectivity index (χ4v) is 3.10. The first-order valence-electron chi connectivity index (χ1n) is 6.13. The van der Waals surface area contributed by atoms with Crippen molar-refractivity contribution in [2.24, 2.45) is 0 Å². The van der Waals surface area contributed by atoms with Crippen molar-refractivity contribution in [3.05, 3.63) is 29.3 Å². The van der Waals surface area contributed by atoms with Crippen LogP contribution in [0.2, 0.25) is 0 Å². The zero-order valence-electron chi connectivity index (χ0n) is 11.6. The molecule has 1 saturated heterocycles. The lowest BCUT2D eigenvalue weighted by Gasteiger charge is -2.29. The van der Waals surface area contributed by atoms with Crippen LogP contribution in [0.4, 0.5) is 0 Å². The van der Waals surface area contributed by atoms with Crippen LogP contribution in [0.5, 0.6) is 0 Å². The average Bonchev–Trinajstić information content (AvgIpc) is 2.64. The van der Waals surface area contributed by atoms with Crippen molar-refractivity contribution in [2.75, 3.05) is 13.2 Å². The lowest BCUT2D eigenvalue weighted by Crippen LogP contribution is -2.37. The highest BCUT2D eigenvalue weighted by molar-refractivity contribution is 7.85. The highest BCUT2D eigenvalue weighted by atomic mass is 32.2. The van der Waals surface area contributed by atoms with E-state index in [4.69, 9.17) is 9.47 Å². The van der Waals surface area contributed by atoms with Crippen molar-refractivity contribution in [2.45, 2.75) is 37.1 Å². The largest absolute Gasteiger partial charge is 0.393 e. The molecule has 1 aromatic carbocycles. The first kappa shape index (κ1) is 15.4. The van der Waals surface area contributed by atoms with Crippen LogP contribution in [0.15, 0.2) is 23.1 Å². The third kappa shape index (κ3) is 2.72. The number of aryl methyl sites for hydroxylation is 1. The van der Waals surface area contributed by atoms with Crippen molar-refractivity contribution in [3.63, 3.8) is 0 Å². The Morgan fingerprint density at radius 3 is 2.45 bits per heavy atom. The van der Waals surface area contributed by atoms with Gasteiger partial charge in [-0.1, -0.05) is 17.7 Å². The molecule has 1 aliphatic heterocycles. The quantitative estimate of drug-likeness (QED) is 0.815. The molecule has 1 atom stereocenters. The van der Waals surface area contributed by atoms with Crippen LogP contribution in [0.1, 0.15) is 25.0 Å². The fraction of sp³-hybridized carbons (Fsp3) is 0.538. The molecular formula is C13H18O6S. The second kappa shape index (κ2) is 4.78. The van der Waals surface area contributed by atoms with Crippen LogP contribution < -0.4 is 0 Å². The van der Waals surface area contributed by atoms with Gasteiger partial charge in [-0.05, 0) is 26.8 Å². The molecule has 0 aliphatic carbocycles. The van der Waals surface area contributed by atoms with E-state index in [-0.39, 0.29) is 17.1 Å². The zero-order chi connectivity index (χ0) is 15.2. The second-order valence-electron chi connectivity index (χ2n) is 5.42. The average molecular weight is 302 g/mol. The molecule has 0 amide bonds. The highest BCUT2D eigenvalue weighted by Crippen LogP contribution is 2.41. The van der Waals surface area contributed by atoms with Crippen LogP contribution in [-0.2, 0) is 25.2 Å². The Labute approximate surface area is 118 Å². The molecule has 6 nitrogen and oxygen atoms in total. The number of hydrogen-bond donors (Lipinski definition) is 2. The summed E-state index contributed by atoms with van der Waals surface area (Å²) in [5.74, 6) is -0.942. The minimum atomic E-state index is -4.42. The molecule has 1 aliphatic rings. The summed E-state index contributed by atoms with van der Waals surface area (Å²) in [6, 6.07) is 4.44. The molecule has 0 saturated carbocycles. The maximum Gasteiger partial charge on any atom is 0.294 e. The third-order valence-electron chi connectivity index (χ3n) is 3.25. The molecule has 112 valence electrons. The molecule has 0 unspecified atom stereocenters. The van der Waals surface area contributed by atoms with Crippen molar-refractivity contribution >= 4 is 10.1 Å². The molecule has 7 heteroatoms. The SMILES string of the molecule is Cc1ccc(S(=O)(=O)O)c([C@]2(CO)COC(C)(C)O2)c1. The zero-order valence-corrected chi connectivity index (χ0v) is 12.4. The molecular weight excluding hydrogens is 284 g/mol. The second-order valence-corrected chi connectivity index (χ2v) is 6.81. The molecule has 2 rings (SSSR count). The summed E-state index contributed by atoms with van der Waals surface area (Å²) in [6.07, 6.45) is 0. The summed E-state index contributed by atoms with van der Waals surface area (Å²) in [7, 11) is -4.42. The van der Waals surface area contributed by atoms with Gasteiger partial charge in [-0.2, -0.15) is 8.42 Å². The highest BCUT2D eigenvalue weighted by Gasteiger charge is 2.48. The summed E-state index contributed by atoms with van der Waals surface area (Å²) >= 11 is 0. The predicted octanol–water partition coefficient (Wildman–Crippen LogP) is 1.21. The number of ether oxygens (including phenoxy) is 2. The van der Waals surface area contributed by atoms with Crippen LogP contribution >= 0.6 is 0 Å². The molecule has 2 N–H and O–H groups in total. The molecule has 0 spiro atoms. The fourth-order valence-electron chi connectivity index (χ4n) is 2.34. The number of hydrogen-bond acceptors (Lipinski definition) is 5. The van der Waals surface area contributed by atoms with Crippen molar-refractivity contribution < 1.29 is 27.6 Å². The van der Waals surface area contributed by atoms with Crippen molar-refractivity contribution in [3.8, 4) is 0 Å². The van der Waals surface area contributed by atoms with Crippen LogP contribution in [0, 0.1) is 6.92 Å². The van der Waals surface area contributed by atoms with E-state index in [0.29, 0.717) is 0 Å². The van der Waals surface area contributed by atoms with E-state index >= 15 is 0 Å². The van der Waals surface area contributed by atoms with Gasteiger partial charge in [0.05, 0.1) is 13.2 Å². The Kier molecular flexibility index (Phi) is 3.68. The Bertz CT molecular complexity index is 622. The van der Waals surface area contributed by atoms with Gasteiger partial charge < -0.3 is 14.6 Å². The van der Waals surface area contributed by atoms with Crippen molar-refractivity contribution in [1.82, 2.24) is 0 Å². The summed E-state index contributed by atoms with van der Waals surface area (Å²) < 4.78 is 43.6. The topological polar surface area (TPSA) is 93.1 Å². The Morgan fingerprint density at radius 2 is 2.00 bits per heavy atom. The van der Waals surface area contributed by atoms with Gasteiger partial charge in [0.15, 0.2) is 5.79 Å². The first-order valence-corrected chi connectivity index (χ1v) is 7.57. The third-order valence-corrected chi connectivity index (χ3v) is 4.17. The van der Waals surface area contributed by atoms with Gasteiger partial charge in [0.25, 0.3) is 10.1 Å². The van der Waals surface area contributed by atoms with Gasteiger partial charge >= 0.3 is 0 Å². The molecule has 1 fully saturated rings. The maximum atomic E-state index is 11.5. The van der Waals surface area contributed by atoms with E-state index in [0.717, 1.165) is 5.56 Å². The van der Waals surface area contributed by atoms with Crippen molar-refractivity contribution in [1.29, 1.82) is 0 Å². The summed E-state index contributed by atoms with van der Waals surface area (Å²) in [6.45, 7) is 4.68. The van der Waals surface area contributed by atoms with Gasteiger partial charge in [-0.3, -0.25) is 4.55 Å². The predicted molar refractivity (Wildman–Crippen MR) is 70.9 cm³/mol. The lowest BCUT2D eigenvalue weighted by molar-refractivity contribution is -0.172. The van der Waals surface area contributed by atoms with Crippen LogP contribution in [0.25, 0.3) is 0 Å². The summed E-state index contributed by atoms with van der Waals surface area (Å²) in [5, 5.41) is 9.70. The first-order chi connectivity index (χ1) is 9.10. The van der Waals surface area contributed by atoms with E-state index in [2.05, 4.69) is 0 Å². The standard InChI is InChI=1S/C13H18O6S/c1-9-4-5-11(20(15,16)17)10(6-9)13(7-14)8-18-12(2,3)19-13/h4-6,14H,7-8H2,1-3H3,(H,15,16,17)/t13-/m0/s1. The Hall–Kier alpha value is -0.990. The number of rotatable bonds is 3. The van der Waals surface area contributed by atoms with E-state index < -0.39 is 28.1 Å².